The van der Waals surface area contributed by atoms with E-state index in [0.29, 0.717) is 0 Å². The molecule has 0 saturated carbocycles. The van der Waals surface area contributed by atoms with Gasteiger partial charge in [-0.1, -0.05) is 6.92 Å². The topological polar surface area (TPSA) is 15.3 Å². The molecule has 1 N–H and O–H groups in total. The first-order valence-corrected chi connectivity index (χ1v) is 6.23. The van der Waals surface area contributed by atoms with Gasteiger partial charge in [-0.3, -0.25) is 4.90 Å². The van der Waals surface area contributed by atoms with E-state index in [1.165, 1.54) is 45.3 Å². The SMILES string of the molecule is CC1CCN(C2CCC(C)NC2)CC1. The maximum atomic E-state index is 3.60. The second-order valence-corrected chi connectivity index (χ2v) is 5.26. The number of hydrogen-bond acceptors (Lipinski definition) is 2. The molecule has 0 bridgehead atoms. The molecule has 2 atom stereocenters. The average Bonchev–Trinajstić information content (AvgIpc) is 2.21. The molecular weight excluding hydrogens is 172 g/mol. The van der Waals surface area contributed by atoms with Crippen LogP contribution in [0.3, 0.4) is 0 Å². The van der Waals surface area contributed by atoms with Crippen molar-refractivity contribution in [3.8, 4) is 0 Å². The number of likely N-dealkylation sites (tertiary alicyclic amines) is 1. The van der Waals surface area contributed by atoms with Gasteiger partial charge in [0.15, 0.2) is 0 Å². The van der Waals surface area contributed by atoms with E-state index in [-0.39, 0.29) is 0 Å². The maximum absolute atomic E-state index is 3.60. The van der Waals surface area contributed by atoms with Gasteiger partial charge in [0.1, 0.15) is 0 Å². The highest BCUT2D eigenvalue weighted by atomic mass is 15.2. The summed E-state index contributed by atoms with van der Waals surface area (Å²) in [6.45, 7) is 8.58. The summed E-state index contributed by atoms with van der Waals surface area (Å²) in [5, 5.41) is 3.60. The highest BCUT2D eigenvalue weighted by Gasteiger charge is 2.25. The molecular formula is C12H24N2. The molecule has 0 aromatic heterocycles. The van der Waals surface area contributed by atoms with Crippen molar-refractivity contribution in [3.63, 3.8) is 0 Å². The van der Waals surface area contributed by atoms with Gasteiger partial charge < -0.3 is 5.32 Å². The summed E-state index contributed by atoms with van der Waals surface area (Å²) in [4.78, 5) is 2.71. The number of hydrogen-bond donors (Lipinski definition) is 1. The third-order valence-electron chi connectivity index (χ3n) is 3.97. The second kappa shape index (κ2) is 4.63. The molecule has 0 aliphatic carbocycles. The van der Waals surface area contributed by atoms with Crippen LogP contribution in [-0.2, 0) is 0 Å². The van der Waals surface area contributed by atoms with Crippen molar-refractivity contribution in [2.24, 2.45) is 5.92 Å². The Morgan fingerprint density at radius 2 is 1.71 bits per heavy atom. The van der Waals surface area contributed by atoms with Crippen LogP contribution < -0.4 is 5.32 Å². The lowest BCUT2D eigenvalue weighted by atomic mass is 9.94. The zero-order valence-corrected chi connectivity index (χ0v) is 9.63. The van der Waals surface area contributed by atoms with Crippen molar-refractivity contribution < 1.29 is 0 Å². The summed E-state index contributed by atoms with van der Waals surface area (Å²) in [5.41, 5.74) is 0. The Morgan fingerprint density at radius 3 is 2.29 bits per heavy atom. The minimum Gasteiger partial charge on any atom is -0.313 e. The van der Waals surface area contributed by atoms with E-state index in [9.17, 15) is 0 Å². The highest BCUT2D eigenvalue weighted by molar-refractivity contribution is 4.84. The monoisotopic (exact) mass is 196 g/mol. The predicted molar refractivity (Wildman–Crippen MR) is 60.5 cm³/mol. The van der Waals surface area contributed by atoms with E-state index in [0.717, 1.165) is 18.0 Å². The smallest absolute Gasteiger partial charge is 0.0221 e. The lowest BCUT2D eigenvalue weighted by Gasteiger charge is -2.40. The van der Waals surface area contributed by atoms with Crippen LogP contribution >= 0.6 is 0 Å². The highest BCUT2D eigenvalue weighted by Crippen LogP contribution is 2.21. The van der Waals surface area contributed by atoms with Gasteiger partial charge in [-0.25, -0.2) is 0 Å². The fourth-order valence-electron chi connectivity index (χ4n) is 2.69. The van der Waals surface area contributed by atoms with Gasteiger partial charge in [0, 0.05) is 18.6 Å². The summed E-state index contributed by atoms with van der Waals surface area (Å²) >= 11 is 0. The second-order valence-electron chi connectivity index (χ2n) is 5.26. The first-order chi connectivity index (χ1) is 6.75. The molecule has 2 rings (SSSR count). The summed E-state index contributed by atoms with van der Waals surface area (Å²) in [6, 6.07) is 1.58. The van der Waals surface area contributed by atoms with Crippen LogP contribution in [0.4, 0.5) is 0 Å². The van der Waals surface area contributed by atoms with E-state index < -0.39 is 0 Å². The molecule has 2 unspecified atom stereocenters. The van der Waals surface area contributed by atoms with Crippen molar-refractivity contribution >= 4 is 0 Å². The molecule has 0 radical (unpaired) electrons. The minimum absolute atomic E-state index is 0.745. The molecule has 2 aliphatic heterocycles. The summed E-state index contributed by atoms with van der Waals surface area (Å²) < 4.78 is 0. The maximum Gasteiger partial charge on any atom is 0.0221 e. The van der Waals surface area contributed by atoms with E-state index in [2.05, 4.69) is 24.1 Å². The van der Waals surface area contributed by atoms with Crippen molar-refractivity contribution in [3.05, 3.63) is 0 Å². The average molecular weight is 196 g/mol. The summed E-state index contributed by atoms with van der Waals surface area (Å²) in [5.74, 6) is 0.960. The lowest BCUT2D eigenvalue weighted by Crippen LogP contribution is -2.51. The molecule has 0 aromatic rings. The first-order valence-electron chi connectivity index (χ1n) is 6.23. The van der Waals surface area contributed by atoms with Crippen LogP contribution in [0.5, 0.6) is 0 Å². The number of piperidine rings is 2. The quantitative estimate of drug-likeness (QED) is 0.688. The lowest BCUT2D eigenvalue weighted by molar-refractivity contribution is 0.111. The van der Waals surface area contributed by atoms with E-state index in [1.807, 2.05) is 0 Å². The molecule has 2 nitrogen and oxygen atoms in total. The molecule has 2 fully saturated rings. The van der Waals surface area contributed by atoms with Gasteiger partial charge in [0.25, 0.3) is 0 Å². The Hall–Kier alpha value is -0.0800. The molecule has 2 heterocycles. The van der Waals surface area contributed by atoms with Gasteiger partial charge in [-0.15, -0.1) is 0 Å². The zero-order valence-electron chi connectivity index (χ0n) is 9.63. The van der Waals surface area contributed by atoms with Crippen LogP contribution in [0, 0.1) is 5.92 Å². The molecule has 82 valence electrons. The number of nitrogens with one attached hydrogen (secondary N) is 1. The first kappa shape index (κ1) is 10.4. The fraction of sp³-hybridized carbons (Fsp3) is 1.00. The Morgan fingerprint density at radius 1 is 1.00 bits per heavy atom. The molecule has 0 aromatic carbocycles. The van der Waals surface area contributed by atoms with Crippen molar-refractivity contribution in [1.82, 2.24) is 10.2 Å². The Kier molecular flexibility index (Phi) is 3.45. The zero-order chi connectivity index (χ0) is 9.97. The Labute approximate surface area is 88.1 Å². The van der Waals surface area contributed by atoms with Crippen LogP contribution in [-0.4, -0.2) is 36.6 Å². The van der Waals surface area contributed by atoms with E-state index in [4.69, 9.17) is 0 Å². The summed E-state index contributed by atoms with van der Waals surface area (Å²) in [6.07, 6.45) is 5.58. The minimum atomic E-state index is 0.745. The van der Waals surface area contributed by atoms with Crippen molar-refractivity contribution in [2.45, 2.75) is 51.6 Å². The molecule has 2 saturated heterocycles. The van der Waals surface area contributed by atoms with E-state index >= 15 is 0 Å². The van der Waals surface area contributed by atoms with Crippen LogP contribution in [0.1, 0.15) is 39.5 Å². The Balaban J connectivity index is 1.78. The molecule has 2 heteroatoms. The Bertz CT molecular complexity index is 145. The molecule has 0 amide bonds. The number of rotatable bonds is 1. The largest absolute Gasteiger partial charge is 0.313 e. The van der Waals surface area contributed by atoms with Crippen LogP contribution in [0.15, 0.2) is 0 Å². The normalized spacial score (nSPS) is 37.3. The predicted octanol–water partition coefficient (Wildman–Crippen LogP) is 1.86. The number of nitrogens with zero attached hydrogens (tertiary/aromatic N) is 1. The van der Waals surface area contributed by atoms with Crippen molar-refractivity contribution in [2.75, 3.05) is 19.6 Å². The van der Waals surface area contributed by atoms with Gasteiger partial charge in [0.2, 0.25) is 0 Å². The van der Waals surface area contributed by atoms with Gasteiger partial charge in [-0.2, -0.15) is 0 Å². The van der Waals surface area contributed by atoms with Crippen LogP contribution in [0.25, 0.3) is 0 Å². The third kappa shape index (κ3) is 2.48. The summed E-state index contributed by atoms with van der Waals surface area (Å²) in [7, 11) is 0. The van der Waals surface area contributed by atoms with Crippen LogP contribution in [0.2, 0.25) is 0 Å². The van der Waals surface area contributed by atoms with Crippen molar-refractivity contribution in [1.29, 1.82) is 0 Å². The van der Waals surface area contributed by atoms with Gasteiger partial charge in [0.05, 0.1) is 0 Å². The fourth-order valence-corrected chi connectivity index (χ4v) is 2.69. The van der Waals surface area contributed by atoms with E-state index in [1.54, 1.807) is 0 Å². The molecule has 0 spiro atoms. The molecule has 2 aliphatic rings. The third-order valence-corrected chi connectivity index (χ3v) is 3.97. The van der Waals surface area contributed by atoms with Gasteiger partial charge >= 0.3 is 0 Å². The van der Waals surface area contributed by atoms with Gasteiger partial charge in [-0.05, 0) is 51.6 Å². The molecule has 14 heavy (non-hydrogen) atoms. The standard InChI is InChI=1S/C12H24N2/c1-10-5-7-14(8-6-10)12-4-3-11(2)13-9-12/h10-13H,3-9H2,1-2H3.